The Bertz CT molecular complexity index is 4840. The monoisotopic (exact) mass is 1280 g/mol. The Morgan fingerprint density at radius 2 is 0.881 bits per heavy atom. The Morgan fingerprint density at radius 1 is 0.321 bits per heavy atom. The Morgan fingerprint density at radius 3 is 1.48 bits per heavy atom. The van der Waals surface area contributed by atoms with E-state index in [-0.39, 0.29) is 31.2 Å². The minimum atomic E-state index is -2.50. The molecular weight excluding hydrogens is 1220 g/mol. The molecule has 14 rings (SSSR count). The number of fused-ring (bicyclic) bond motifs is 3. The van der Waals surface area contributed by atoms with Gasteiger partial charge in [0.2, 0.25) is 0 Å². The first-order valence-electron chi connectivity index (χ1n) is 30.6. The first-order chi connectivity index (χ1) is 43.2. The molecule has 3 nitrogen and oxygen atoms in total. The van der Waals surface area contributed by atoms with E-state index in [4.69, 9.17) is 23.2 Å². The molecule has 0 aliphatic carbocycles. The molecule has 0 bridgehead atoms. The summed E-state index contributed by atoms with van der Waals surface area (Å²) in [6, 6.07) is 89.0. The number of aryl methyl sites for hydroxylation is 4. The van der Waals surface area contributed by atoms with E-state index in [9.17, 15) is 0 Å². The van der Waals surface area contributed by atoms with E-state index < -0.39 is 13.7 Å². The van der Waals surface area contributed by atoms with Crippen molar-refractivity contribution in [2.45, 2.75) is 27.6 Å². The van der Waals surface area contributed by atoms with E-state index in [0.29, 0.717) is 44.8 Å². The summed E-state index contributed by atoms with van der Waals surface area (Å²) in [5.74, 6) is 0. The standard InChI is InChI=1S/C79H54N3S.Ir/c1-50-32-33-58(44-69(50)63-36-34-57(38-51(63)2)54-20-8-5-9-21-54)75-37-35-59(47-80-75)70-45-72-68-30-18-19-31-78(68)83-79(72)46-71(70)62-42-60(64-26-14-16-28-66(64)73-48-81-76(39-52(73)3)55-22-10-6-11-23-55)41-61(43-62)65-27-15-17-29-67(65)74-49-82-77(40-53(74)4)56-24-12-7-13-25-56;/h5-22,24,26-32,34-49H,1-4H3;/q-3;+3/i3D3,4D3;. The van der Waals surface area contributed by atoms with Crippen molar-refractivity contribution in [3.05, 3.63) is 296 Å². The van der Waals surface area contributed by atoms with Gasteiger partial charge in [-0.3, -0.25) is 0 Å². The maximum absolute atomic E-state index is 8.93. The molecule has 10 aromatic carbocycles. The van der Waals surface area contributed by atoms with Gasteiger partial charge in [-0.2, -0.15) is 0 Å². The van der Waals surface area contributed by atoms with Crippen molar-refractivity contribution in [1.29, 1.82) is 0 Å². The van der Waals surface area contributed by atoms with Crippen LogP contribution in [0.2, 0.25) is 0 Å². The SMILES string of the molecule is [2H]C([2H])([2H])c1cc(-c2[c-]cccc2)ncc1-c1ccccc1-c1cc(-c2cc3sc4ccccc4c3cc2-c2ccc(-c3[c-]cc(C)c(-c4ccc(-c5ccccc5)cc4C)c3)nc2)cc(-c2ccccc2-c2cnc(-c3[c-]cccc3)cc2C([2H])([2H])[2H])c1.[Ir+3]. The molecule has 0 unspecified atom stereocenters. The molecule has 400 valence electrons. The zero-order valence-corrected chi connectivity index (χ0v) is 49.0. The van der Waals surface area contributed by atoms with Gasteiger partial charge in [0.25, 0.3) is 0 Å². The van der Waals surface area contributed by atoms with Crippen LogP contribution in [-0.4, -0.2) is 15.0 Å². The largest absolute Gasteiger partial charge is 3.00 e. The van der Waals surface area contributed by atoms with Crippen molar-refractivity contribution in [3.63, 3.8) is 0 Å². The Kier molecular flexibility index (Phi) is 12.9. The molecular formula is C79H54IrN3S. The number of hydrogen-bond donors (Lipinski definition) is 0. The fourth-order valence-electron chi connectivity index (χ4n) is 11.5. The fourth-order valence-corrected chi connectivity index (χ4v) is 12.6. The summed E-state index contributed by atoms with van der Waals surface area (Å²) in [5, 5.41) is 2.27. The molecule has 4 aromatic heterocycles. The third-order valence-corrected chi connectivity index (χ3v) is 16.9. The maximum Gasteiger partial charge on any atom is 3.00 e. The number of aromatic nitrogens is 3. The molecule has 0 saturated heterocycles. The topological polar surface area (TPSA) is 38.7 Å². The van der Waals surface area contributed by atoms with Crippen LogP contribution >= 0.6 is 11.3 Å². The van der Waals surface area contributed by atoms with Gasteiger partial charge < -0.3 is 15.0 Å². The molecule has 14 aromatic rings. The molecule has 0 radical (unpaired) electrons. The van der Waals surface area contributed by atoms with Gasteiger partial charge >= 0.3 is 20.1 Å². The summed E-state index contributed by atoms with van der Waals surface area (Å²) in [7, 11) is 0. The third kappa shape index (κ3) is 10.3. The number of benzene rings is 10. The first-order valence-corrected chi connectivity index (χ1v) is 28.4. The molecule has 0 atom stereocenters. The van der Waals surface area contributed by atoms with Gasteiger partial charge in [0.05, 0.1) is 0 Å². The molecule has 0 spiro atoms. The van der Waals surface area contributed by atoms with Gasteiger partial charge in [0, 0.05) is 58.1 Å². The van der Waals surface area contributed by atoms with Crippen LogP contribution in [0.15, 0.2) is 255 Å². The van der Waals surface area contributed by atoms with E-state index >= 15 is 0 Å². The van der Waals surface area contributed by atoms with Crippen molar-refractivity contribution in [2.24, 2.45) is 0 Å². The molecule has 0 aliphatic heterocycles. The van der Waals surface area contributed by atoms with Gasteiger partial charge in [0.1, 0.15) is 0 Å². The number of pyridine rings is 3. The summed E-state index contributed by atoms with van der Waals surface area (Å²) in [6.45, 7) is -0.714. The predicted molar refractivity (Wildman–Crippen MR) is 348 cm³/mol. The van der Waals surface area contributed by atoms with Crippen LogP contribution in [-0.2, 0) is 20.1 Å². The summed E-state index contributed by atoms with van der Waals surface area (Å²) in [5.41, 5.74) is 20.5. The Labute approximate surface area is 517 Å². The molecule has 0 aliphatic rings. The zero-order chi connectivity index (χ0) is 61.0. The smallest absolute Gasteiger partial charge is 0.304 e. The van der Waals surface area contributed by atoms with E-state index in [1.807, 2.05) is 97.2 Å². The molecule has 0 amide bonds. The van der Waals surface area contributed by atoms with E-state index in [2.05, 4.69) is 153 Å². The number of hydrogen-bond acceptors (Lipinski definition) is 4. The van der Waals surface area contributed by atoms with Crippen LogP contribution in [0, 0.1) is 45.8 Å². The summed E-state index contributed by atoms with van der Waals surface area (Å²) < 4.78 is 55.8. The normalized spacial score (nSPS) is 12.6. The summed E-state index contributed by atoms with van der Waals surface area (Å²) >= 11 is 1.74. The summed E-state index contributed by atoms with van der Waals surface area (Å²) in [6.07, 6.45) is 5.29. The van der Waals surface area contributed by atoms with Crippen LogP contribution < -0.4 is 0 Å². The van der Waals surface area contributed by atoms with Crippen molar-refractivity contribution in [3.8, 4) is 123 Å². The third-order valence-electron chi connectivity index (χ3n) is 15.7. The van der Waals surface area contributed by atoms with E-state index in [0.717, 1.165) is 92.6 Å². The van der Waals surface area contributed by atoms with Crippen LogP contribution in [0.25, 0.3) is 143 Å². The molecule has 0 N–H and O–H groups in total. The Hall–Kier alpha value is -9.48. The first kappa shape index (κ1) is 47.1. The average Bonchev–Trinajstić information content (AvgIpc) is 2.54. The van der Waals surface area contributed by atoms with Crippen molar-refractivity contribution in [1.82, 2.24) is 15.0 Å². The minimum Gasteiger partial charge on any atom is -0.304 e. The molecule has 5 heteroatoms. The van der Waals surface area contributed by atoms with Gasteiger partial charge in [-0.05, 0) is 163 Å². The Balaban J connectivity index is 0.00000743. The summed E-state index contributed by atoms with van der Waals surface area (Å²) in [4.78, 5) is 15.0. The molecule has 4 heterocycles. The molecule has 0 fully saturated rings. The second kappa shape index (κ2) is 23.0. The van der Waals surface area contributed by atoms with E-state index in [1.54, 1.807) is 48.0 Å². The van der Waals surface area contributed by atoms with Crippen LogP contribution in [0.1, 0.15) is 30.5 Å². The number of thiophene rings is 1. The van der Waals surface area contributed by atoms with Crippen LogP contribution in [0.5, 0.6) is 0 Å². The van der Waals surface area contributed by atoms with E-state index in [1.165, 1.54) is 16.7 Å². The number of nitrogens with zero attached hydrogens (tertiary/aromatic N) is 3. The predicted octanol–water partition coefficient (Wildman–Crippen LogP) is 21.2. The molecule has 84 heavy (non-hydrogen) atoms. The van der Waals surface area contributed by atoms with Gasteiger partial charge in [-0.1, -0.05) is 152 Å². The molecule has 0 saturated carbocycles. The zero-order valence-electron chi connectivity index (χ0n) is 51.8. The van der Waals surface area contributed by atoms with Crippen molar-refractivity contribution < 1.29 is 28.3 Å². The van der Waals surface area contributed by atoms with Gasteiger partial charge in [-0.15, -0.1) is 112 Å². The fraction of sp³-hybridized carbons (Fsp3) is 0.0506. The minimum absolute atomic E-state index is 0. The van der Waals surface area contributed by atoms with Crippen LogP contribution in [0.3, 0.4) is 0 Å². The number of rotatable bonds is 11. The maximum atomic E-state index is 8.93. The van der Waals surface area contributed by atoms with Crippen molar-refractivity contribution >= 4 is 31.5 Å². The second-order valence-electron chi connectivity index (χ2n) is 20.9. The van der Waals surface area contributed by atoms with Crippen LogP contribution in [0.4, 0.5) is 0 Å². The second-order valence-corrected chi connectivity index (χ2v) is 22.0. The van der Waals surface area contributed by atoms with Gasteiger partial charge in [-0.25, -0.2) is 0 Å². The quantitative estimate of drug-likeness (QED) is 0.121. The van der Waals surface area contributed by atoms with Crippen molar-refractivity contribution in [2.75, 3.05) is 0 Å². The van der Waals surface area contributed by atoms with Gasteiger partial charge in [0.15, 0.2) is 0 Å². The average molecular weight is 1280 g/mol.